The molecular formula is C15H16FN5. The van der Waals surface area contributed by atoms with Gasteiger partial charge < -0.3 is 4.90 Å². The number of aryl methyl sites for hydroxylation is 1. The molecule has 2 heterocycles. The summed E-state index contributed by atoms with van der Waals surface area (Å²) in [5.74, 6) is -0.310. The lowest BCUT2D eigenvalue weighted by molar-refractivity contribution is 0.578. The van der Waals surface area contributed by atoms with Gasteiger partial charge in [-0.3, -0.25) is 4.68 Å². The van der Waals surface area contributed by atoms with Crippen LogP contribution in [-0.4, -0.2) is 26.8 Å². The fraction of sp³-hybridized carbons (Fsp3) is 0.267. The zero-order valence-corrected chi connectivity index (χ0v) is 12.2. The molecule has 0 atom stereocenters. The normalized spacial score (nSPS) is 11.0. The molecule has 0 bridgehead atoms. The predicted molar refractivity (Wildman–Crippen MR) is 79.5 cm³/mol. The van der Waals surface area contributed by atoms with Crippen LogP contribution in [0.1, 0.15) is 11.3 Å². The maximum Gasteiger partial charge on any atom is 0.256 e. The average molecular weight is 285 g/mol. The van der Waals surface area contributed by atoms with Crippen molar-refractivity contribution >= 4 is 16.9 Å². The van der Waals surface area contributed by atoms with Crippen molar-refractivity contribution in [3.05, 3.63) is 47.7 Å². The fourth-order valence-corrected chi connectivity index (χ4v) is 2.24. The number of rotatable bonds is 3. The van der Waals surface area contributed by atoms with Crippen molar-refractivity contribution in [2.75, 3.05) is 11.9 Å². The number of nitrogens with zero attached hydrogens (tertiary/aromatic N) is 5. The van der Waals surface area contributed by atoms with Crippen LogP contribution in [0.2, 0.25) is 0 Å². The third-order valence-corrected chi connectivity index (χ3v) is 3.62. The molecule has 2 aromatic heterocycles. The van der Waals surface area contributed by atoms with Crippen LogP contribution in [0.3, 0.4) is 0 Å². The number of aromatic nitrogens is 4. The number of halogens is 1. The monoisotopic (exact) mass is 285 g/mol. The molecule has 0 saturated carbocycles. The van der Waals surface area contributed by atoms with Crippen LogP contribution in [0.25, 0.3) is 11.0 Å². The Bertz CT molecular complexity index is 796. The summed E-state index contributed by atoms with van der Waals surface area (Å²) < 4.78 is 15.9. The van der Waals surface area contributed by atoms with Gasteiger partial charge in [-0.05, 0) is 19.1 Å². The van der Waals surface area contributed by atoms with Gasteiger partial charge in [-0.25, -0.2) is 9.97 Å². The van der Waals surface area contributed by atoms with Gasteiger partial charge in [-0.15, -0.1) is 0 Å². The Morgan fingerprint density at radius 1 is 1.19 bits per heavy atom. The van der Waals surface area contributed by atoms with Crippen molar-refractivity contribution in [3.63, 3.8) is 0 Å². The van der Waals surface area contributed by atoms with Crippen LogP contribution < -0.4 is 4.90 Å². The lowest BCUT2D eigenvalue weighted by Gasteiger charge is -2.18. The molecular weight excluding hydrogens is 269 g/mol. The minimum Gasteiger partial charge on any atom is -0.351 e. The summed E-state index contributed by atoms with van der Waals surface area (Å²) in [6.45, 7) is 2.52. The first-order valence-corrected chi connectivity index (χ1v) is 6.67. The average Bonchev–Trinajstić information content (AvgIpc) is 2.78. The third-order valence-electron chi connectivity index (χ3n) is 3.62. The van der Waals surface area contributed by atoms with E-state index in [4.69, 9.17) is 0 Å². The Morgan fingerprint density at radius 2 is 1.86 bits per heavy atom. The largest absolute Gasteiger partial charge is 0.351 e. The van der Waals surface area contributed by atoms with Crippen molar-refractivity contribution in [1.29, 1.82) is 0 Å². The van der Waals surface area contributed by atoms with Crippen LogP contribution in [0.15, 0.2) is 30.5 Å². The molecule has 0 fully saturated rings. The fourth-order valence-electron chi connectivity index (χ4n) is 2.24. The maximum atomic E-state index is 14.1. The smallest absolute Gasteiger partial charge is 0.256 e. The van der Waals surface area contributed by atoms with E-state index < -0.39 is 5.95 Å². The number of fused-ring (bicyclic) bond motifs is 1. The van der Waals surface area contributed by atoms with Crippen molar-refractivity contribution in [2.45, 2.75) is 13.5 Å². The van der Waals surface area contributed by atoms with E-state index in [1.807, 2.05) is 32.2 Å². The summed E-state index contributed by atoms with van der Waals surface area (Å²) in [7, 11) is 3.68. The van der Waals surface area contributed by atoms with Gasteiger partial charge in [0.2, 0.25) is 0 Å². The summed E-state index contributed by atoms with van der Waals surface area (Å²) in [5, 5.41) is 4.20. The molecule has 0 aliphatic carbocycles. The Hall–Kier alpha value is -2.50. The summed E-state index contributed by atoms with van der Waals surface area (Å²) >= 11 is 0. The second kappa shape index (κ2) is 5.12. The molecule has 5 nitrogen and oxygen atoms in total. The molecule has 3 aromatic rings. The molecule has 0 amide bonds. The molecule has 21 heavy (non-hydrogen) atoms. The first kappa shape index (κ1) is 13.5. The van der Waals surface area contributed by atoms with Gasteiger partial charge in [0.15, 0.2) is 5.82 Å². The quantitative estimate of drug-likeness (QED) is 0.741. The zero-order valence-electron chi connectivity index (χ0n) is 12.2. The standard InChI is InChI=1S/C15H16FN5/c1-10-11(8-17-21(10)3)9-20(2)15-14(16)18-12-6-4-5-7-13(12)19-15/h4-8H,9H2,1-3H3. The first-order chi connectivity index (χ1) is 10.1. The lowest BCUT2D eigenvalue weighted by atomic mass is 10.2. The van der Waals surface area contributed by atoms with E-state index in [0.717, 1.165) is 11.3 Å². The van der Waals surface area contributed by atoms with Gasteiger partial charge in [0.25, 0.3) is 5.95 Å². The minimum atomic E-state index is -0.558. The van der Waals surface area contributed by atoms with Crippen LogP contribution in [0.4, 0.5) is 10.2 Å². The summed E-state index contributed by atoms with van der Waals surface area (Å²) in [6.07, 6.45) is 1.79. The van der Waals surface area contributed by atoms with Gasteiger partial charge in [-0.1, -0.05) is 12.1 Å². The second-order valence-corrected chi connectivity index (χ2v) is 5.06. The lowest BCUT2D eigenvalue weighted by Crippen LogP contribution is -2.20. The van der Waals surface area contributed by atoms with Gasteiger partial charge in [0.1, 0.15) is 0 Å². The number of hydrogen-bond donors (Lipinski definition) is 0. The minimum absolute atomic E-state index is 0.247. The van der Waals surface area contributed by atoms with E-state index in [0.29, 0.717) is 17.6 Å². The third kappa shape index (κ3) is 2.44. The van der Waals surface area contributed by atoms with Crippen molar-refractivity contribution in [2.24, 2.45) is 7.05 Å². The molecule has 0 saturated heterocycles. The Kier molecular flexibility index (Phi) is 3.29. The SMILES string of the molecule is Cc1c(CN(C)c2nc3ccccc3nc2F)cnn1C. The van der Waals surface area contributed by atoms with E-state index in [-0.39, 0.29) is 5.82 Å². The molecule has 0 unspecified atom stereocenters. The summed E-state index contributed by atoms with van der Waals surface area (Å²) in [6, 6.07) is 7.26. The number of anilines is 1. The van der Waals surface area contributed by atoms with E-state index in [2.05, 4.69) is 15.1 Å². The molecule has 1 aromatic carbocycles. The van der Waals surface area contributed by atoms with Crippen LogP contribution in [0.5, 0.6) is 0 Å². The molecule has 0 N–H and O–H groups in total. The highest BCUT2D eigenvalue weighted by Gasteiger charge is 2.15. The Morgan fingerprint density at radius 3 is 2.48 bits per heavy atom. The maximum absolute atomic E-state index is 14.1. The van der Waals surface area contributed by atoms with Gasteiger partial charge in [-0.2, -0.15) is 9.49 Å². The zero-order chi connectivity index (χ0) is 15.0. The van der Waals surface area contributed by atoms with Crippen LogP contribution in [-0.2, 0) is 13.6 Å². The Balaban J connectivity index is 1.95. The first-order valence-electron chi connectivity index (χ1n) is 6.67. The number of benzene rings is 1. The topological polar surface area (TPSA) is 46.8 Å². The van der Waals surface area contributed by atoms with E-state index >= 15 is 0 Å². The van der Waals surface area contributed by atoms with Crippen molar-refractivity contribution in [1.82, 2.24) is 19.7 Å². The predicted octanol–water partition coefficient (Wildman–Crippen LogP) is 2.45. The van der Waals surface area contributed by atoms with Gasteiger partial charge >= 0.3 is 0 Å². The van der Waals surface area contributed by atoms with E-state index in [1.165, 1.54) is 0 Å². The molecule has 0 aliphatic heterocycles. The molecule has 108 valence electrons. The van der Waals surface area contributed by atoms with E-state index in [9.17, 15) is 4.39 Å². The highest BCUT2D eigenvalue weighted by molar-refractivity contribution is 5.75. The summed E-state index contributed by atoms with van der Waals surface area (Å²) in [5.41, 5.74) is 3.33. The van der Waals surface area contributed by atoms with Gasteiger partial charge in [0, 0.05) is 31.9 Å². The highest BCUT2D eigenvalue weighted by atomic mass is 19.1. The number of hydrogen-bond acceptors (Lipinski definition) is 4. The second-order valence-electron chi connectivity index (χ2n) is 5.06. The Labute approximate surface area is 122 Å². The van der Waals surface area contributed by atoms with Gasteiger partial charge in [0.05, 0.1) is 17.2 Å². The van der Waals surface area contributed by atoms with Crippen molar-refractivity contribution in [3.8, 4) is 0 Å². The molecule has 3 rings (SSSR count). The van der Waals surface area contributed by atoms with Crippen LogP contribution in [0, 0.1) is 12.9 Å². The molecule has 0 radical (unpaired) electrons. The van der Waals surface area contributed by atoms with Crippen LogP contribution >= 0.6 is 0 Å². The summed E-state index contributed by atoms with van der Waals surface area (Å²) in [4.78, 5) is 10.1. The molecule has 0 aliphatic rings. The highest BCUT2D eigenvalue weighted by Crippen LogP contribution is 2.20. The van der Waals surface area contributed by atoms with Crippen molar-refractivity contribution < 1.29 is 4.39 Å². The molecule has 0 spiro atoms. The van der Waals surface area contributed by atoms with E-state index in [1.54, 1.807) is 28.9 Å². The molecule has 6 heteroatoms. The number of para-hydroxylation sites is 2.